The molecule has 1 atom stereocenters. The van der Waals surface area contributed by atoms with Gasteiger partial charge in [-0.2, -0.15) is 0 Å². The van der Waals surface area contributed by atoms with E-state index in [9.17, 15) is 0 Å². The van der Waals surface area contributed by atoms with E-state index in [0.29, 0.717) is 18.0 Å². The lowest BCUT2D eigenvalue weighted by Crippen LogP contribution is -2.35. The molecular formula is C22H23N5O2. The Balaban J connectivity index is 1.55. The van der Waals surface area contributed by atoms with Gasteiger partial charge in [0.25, 0.3) is 0 Å². The largest absolute Gasteiger partial charge is 0.495 e. The quantitative estimate of drug-likeness (QED) is 0.646. The Morgan fingerprint density at radius 3 is 2.69 bits per heavy atom. The van der Waals surface area contributed by atoms with Crippen molar-refractivity contribution < 1.29 is 9.47 Å². The predicted octanol–water partition coefficient (Wildman–Crippen LogP) is 3.70. The first-order valence-electron chi connectivity index (χ1n) is 9.25. The molecule has 1 aliphatic rings. The summed E-state index contributed by atoms with van der Waals surface area (Å²) in [5.74, 6) is 1.39. The first-order chi connectivity index (χ1) is 14.1. The van der Waals surface area contributed by atoms with Gasteiger partial charge in [-0.25, -0.2) is 4.99 Å². The van der Waals surface area contributed by atoms with Gasteiger partial charge in [0.15, 0.2) is 0 Å². The number of fused-ring (bicyclic) bond motifs is 1. The Bertz CT molecular complexity index is 1050. The smallest absolute Gasteiger partial charge is 0.143 e. The van der Waals surface area contributed by atoms with Crippen molar-refractivity contribution in [1.29, 1.82) is 0 Å². The second kappa shape index (κ2) is 7.81. The molecule has 7 heteroatoms. The van der Waals surface area contributed by atoms with E-state index in [1.807, 2.05) is 54.3 Å². The molecule has 3 aromatic rings. The minimum absolute atomic E-state index is 0.407. The zero-order valence-electron chi connectivity index (χ0n) is 16.4. The van der Waals surface area contributed by atoms with Crippen LogP contribution in [0.15, 0.2) is 59.7 Å². The Hall–Kier alpha value is -3.58. The Kier molecular flexibility index (Phi) is 5.05. The van der Waals surface area contributed by atoms with Gasteiger partial charge in [-0.3, -0.25) is 4.98 Å². The zero-order chi connectivity index (χ0) is 20.4. The summed E-state index contributed by atoms with van der Waals surface area (Å²) in [5, 5.41) is 0. The highest BCUT2D eigenvalue weighted by atomic mass is 16.5. The van der Waals surface area contributed by atoms with E-state index in [4.69, 9.17) is 20.9 Å². The van der Waals surface area contributed by atoms with Crippen LogP contribution in [0.5, 0.6) is 11.5 Å². The van der Waals surface area contributed by atoms with Crippen LogP contribution in [0.4, 0.5) is 17.1 Å². The maximum absolute atomic E-state index is 6.50. The van der Waals surface area contributed by atoms with Crippen LogP contribution in [0.1, 0.15) is 23.0 Å². The first-order valence-corrected chi connectivity index (χ1v) is 9.25. The molecule has 0 bridgehead atoms. The number of nitrogen functional groups attached to an aromatic ring is 1. The van der Waals surface area contributed by atoms with Crippen molar-refractivity contribution in [3.05, 3.63) is 71.5 Å². The number of hydrogen-bond acceptors (Lipinski definition) is 7. The SMILES string of the molecule is COc1cc2c(cc1N)C(N)N(c1ccc(OCc3ccccn3)c(C)c1)C=N2. The average Bonchev–Trinajstić information content (AvgIpc) is 2.74. The highest BCUT2D eigenvalue weighted by Gasteiger charge is 2.24. The topological polar surface area (TPSA) is 99.0 Å². The summed E-state index contributed by atoms with van der Waals surface area (Å²) in [6.45, 7) is 2.42. The standard InChI is InChI=1S/C22H23N5O2/c1-14-9-16(6-7-20(14)29-12-15-5-3-4-8-25-15)27-13-26-19-11-21(28-2)18(23)10-17(19)22(27)24/h3-11,13,22H,12,23-24H2,1-2H3. The molecule has 4 N–H and O–H groups in total. The fourth-order valence-corrected chi connectivity index (χ4v) is 3.29. The summed E-state index contributed by atoms with van der Waals surface area (Å²) < 4.78 is 11.2. The van der Waals surface area contributed by atoms with Gasteiger partial charge in [-0.05, 0) is 48.9 Å². The molecule has 0 spiro atoms. The monoisotopic (exact) mass is 389 g/mol. The highest BCUT2D eigenvalue weighted by molar-refractivity contribution is 5.87. The zero-order valence-corrected chi connectivity index (χ0v) is 16.4. The third kappa shape index (κ3) is 3.72. The number of nitrogens with zero attached hydrogens (tertiary/aromatic N) is 3. The van der Waals surface area contributed by atoms with Gasteiger partial charge in [0, 0.05) is 23.5 Å². The van der Waals surface area contributed by atoms with Gasteiger partial charge < -0.3 is 25.8 Å². The Labute approximate surface area is 169 Å². The molecular weight excluding hydrogens is 366 g/mol. The van der Waals surface area contributed by atoms with E-state index >= 15 is 0 Å². The third-order valence-corrected chi connectivity index (χ3v) is 4.88. The van der Waals surface area contributed by atoms with Crippen molar-refractivity contribution in [3.8, 4) is 11.5 Å². The van der Waals surface area contributed by atoms with E-state index in [1.165, 1.54) is 0 Å². The minimum Gasteiger partial charge on any atom is -0.495 e. The van der Waals surface area contributed by atoms with Crippen LogP contribution in [-0.4, -0.2) is 18.4 Å². The molecule has 1 aliphatic heterocycles. The highest BCUT2D eigenvalue weighted by Crippen LogP contribution is 2.39. The number of anilines is 2. The van der Waals surface area contributed by atoms with E-state index in [0.717, 1.165) is 33.9 Å². The normalized spacial score (nSPS) is 15.1. The second-order valence-corrected chi connectivity index (χ2v) is 6.81. The molecule has 0 saturated heterocycles. The lowest BCUT2D eigenvalue weighted by molar-refractivity contribution is 0.299. The van der Waals surface area contributed by atoms with Gasteiger partial charge in [0.2, 0.25) is 0 Å². The van der Waals surface area contributed by atoms with Crippen molar-refractivity contribution in [1.82, 2.24) is 4.98 Å². The third-order valence-electron chi connectivity index (χ3n) is 4.88. The number of benzene rings is 2. The van der Waals surface area contributed by atoms with Gasteiger partial charge >= 0.3 is 0 Å². The number of aliphatic imine (C=N–C) groups is 1. The van der Waals surface area contributed by atoms with Gasteiger partial charge in [-0.1, -0.05) is 6.07 Å². The van der Waals surface area contributed by atoms with Crippen molar-refractivity contribution in [2.75, 3.05) is 17.7 Å². The van der Waals surface area contributed by atoms with E-state index in [-0.39, 0.29) is 0 Å². The fourth-order valence-electron chi connectivity index (χ4n) is 3.29. The Morgan fingerprint density at radius 2 is 1.97 bits per heavy atom. The summed E-state index contributed by atoms with van der Waals surface area (Å²) >= 11 is 0. The van der Waals surface area contributed by atoms with Crippen LogP contribution in [0.3, 0.4) is 0 Å². The van der Waals surface area contributed by atoms with Crippen LogP contribution in [-0.2, 0) is 6.61 Å². The first kappa shape index (κ1) is 18.8. The summed E-state index contributed by atoms with van der Waals surface area (Å²) in [5.41, 5.74) is 17.5. The molecule has 0 saturated carbocycles. The number of aryl methyl sites for hydroxylation is 1. The van der Waals surface area contributed by atoms with Gasteiger partial charge in [-0.15, -0.1) is 0 Å². The van der Waals surface area contributed by atoms with Crippen LogP contribution in [0, 0.1) is 6.92 Å². The molecule has 2 heterocycles. The maximum Gasteiger partial charge on any atom is 0.143 e. The fraction of sp³-hybridized carbons (Fsp3) is 0.182. The number of rotatable bonds is 5. The molecule has 1 unspecified atom stereocenters. The molecule has 4 rings (SSSR count). The van der Waals surface area contributed by atoms with Gasteiger partial charge in [0.1, 0.15) is 24.3 Å². The summed E-state index contributed by atoms with van der Waals surface area (Å²) in [7, 11) is 1.58. The molecule has 1 aromatic heterocycles. The number of nitrogens with two attached hydrogens (primary N) is 2. The Morgan fingerprint density at radius 1 is 1.10 bits per heavy atom. The summed E-state index contributed by atoms with van der Waals surface area (Å²) in [6, 6.07) is 15.3. The molecule has 0 amide bonds. The van der Waals surface area contributed by atoms with Gasteiger partial charge in [0.05, 0.1) is 30.5 Å². The van der Waals surface area contributed by atoms with Crippen LogP contribution >= 0.6 is 0 Å². The van der Waals surface area contributed by atoms with Crippen molar-refractivity contribution in [2.45, 2.75) is 19.7 Å². The number of aromatic nitrogens is 1. The van der Waals surface area contributed by atoms with Crippen LogP contribution in [0.25, 0.3) is 0 Å². The molecule has 0 fully saturated rings. The maximum atomic E-state index is 6.50. The van der Waals surface area contributed by atoms with Crippen LogP contribution in [0.2, 0.25) is 0 Å². The predicted molar refractivity (Wildman–Crippen MR) is 115 cm³/mol. The van der Waals surface area contributed by atoms with E-state index in [2.05, 4.69) is 9.98 Å². The van der Waals surface area contributed by atoms with Crippen molar-refractivity contribution in [2.24, 2.45) is 10.7 Å². The van der Waals surface area contributed by atoms with Crippen molar-refractivity contribution >= 4 is 23.4 Å². The number of methoxy groups -OCH3 is 1. The number of ether oxygens (including phenoxy) is 2. The molecule has 2 aromatic carbocycles. The van der Waals surface area contributed by atoms with Crippen LogP contribution < -0.4 is 25.8 Å². The summed E-state index contributed by atoms with van der Waals surface area (Å²) in [6.07, 6.45) is 3.08. The molecule has 7 nitrogen and oxygen atoms in total. The molecule has 0 radical (unpaired) electrons. The second-order valence-electron chi connectivity index (χ2n) is 6.81. The summed E-state index contributed by atoms with van der Waals surface area (Å²) in [4.78, 5) is 10.7. The number of pyridine rings is 1. The van der Waals surface area contributed by atoms with Crippen molar-refractivity contribution in [3.63, 3.8) is 0 Å². The lowest BCUT2D eigenvalue weighted by atomic mass is 10.1. The van der Waals surface area contributed by atoms with E-state index in [1.54, 1.807) is 25.7 Å². The minimum atomic E-state index is -0.407. The lowest BCUT2D eigenvalue weighted by Gasteiger charge is -2.32. The van der Waals surface area contributed by atoms with E-state index < -0.39 is 6.17 Å². The number of hydrogen-bond donors (Lipinski definition) is 2. The average molecular weight is 389 g/mol. The molecule has 148 valence electrons. The molecule has 0 aliphatic carbocycles. The molecule has 29 heavy (non-hydrogen) atoms.